The highest BCUT2D eigenvalue weighted by Crippen LogP contribution is 2.29. The number of nitrogens with zero attached hydrogens (tertiary/aromatic N) is 2. The summed E-state index contributed by atoms with van der Waals surface area (Å²) in [5.74, 6) is -0.195. The number of pyridine rings is 1. The molecular weight excluding hydrogens is 369 g/mol. The molecule has 1 aliphatic heterocycles. The van der Waals surface area contributed by atoms with Crippen LogP contribution in [0.25, 0.3) is 0 Å². The number of halogens is 1. The number of aromatic nitrogens is 1. The lowest BCUT2D eigenvalue weighted by atomic mass is 9.99. The van der Waals surface area contributed by atoms with Crippen molar-refractivity contribution in [3.8, 4) is 11.6 Å². The van der Waals surface area contributed by atoms with Gasteiger partial charge in [-0.05, 0) is 48.2 Å². The molecule has 1 aromatic heterocycles. The molecule has 148 valence electrons. The molecule has 1 unspecified atom stereocenters. The zero-order valence-corrected chi connectivity index (χ0v) is 15.9. The second-order valence-electron chi connectivity index (χ2n) is 7.25. The van der Waals surface area contributed by atoms with Crippen LogP contribution in [0, 0.1) is 5.82 Å². The minimum atomic E-state index is -0.573. The summed E-state index contributed by atoms with van der Waals surface area (Å²) in [5, 5.41) is 0. The van der Waals surface area contributed by atoms with Gasteiger partial charge in [0, 0.05) is 25.4 Å². The molecular formula is C23H22FN3O2. The third-order valence-corrected chi connectivity index (χ3v) is 5.18. The van der Waals surface area contributed by atoms with Gasteiger partial charge in [-0.1, -0.05) is 36.4 Å². The van der Waals surface area contributed by atoms with Crippen LogP contribution in [0.2, 0.25) is 0 Å². The Balaban J connectivity index is 1.38. The van der Waals surface area contributed by atoms with E-state index in [-0.39, 0.29) is 17.2 Å². The lowest BCUT2D eigenvalue weighted by Crippen LogP contribution is -2.19. The summed E-state index contributed by atoms with van der Waals surface area (Å²) in [6.45, 7) is 2.67. The van der Waals surface area contributed by atoms with Gasteiger partial charge in [0.05, 0.1) is 5.56 Å². The molecule has 0 bridgehead atoms. The smallest absolute Gasteiger partial charge is 0.250 e. The molecule has 3 aromatic rings. The Kier molecular flexibility index (Phi) is 5.53. The summed E-state index contributed by atoms with van der Waals surface area (Å²) >= 11 is 0. The monoisotopic (exact) mass is 391 g/mol. The molecule has 1 saturated heterocycles. The molecule has 1 fully saturated rings. The van der Waals surface area contributed by atoms with Crippen LogP contribution >= 0.6 is 0 Å². The van der Waals surface area contributed by atoms with E-state index in [0.29, 0.717) is 12.5 Å². The fraction of sp³-hybridized carbons (Fsp3) is 0.217. The molecule has 0 spiro atoms. The lowest BCUT2D eigenvalue weighted by Gasteiger charge is -2.17. The Morgan fingerprint density at radius 3 is 2.69 bits per heavy atom. The van der Waals surface area contributed by atoms with Gasteiger partial charge in [0.2, 0.25) is 11.8 Å². The summed E-state index contributed by atoms with van der Waals surface area (Å²) < 4.78 is 20.0. The number of hydrogen-bond acceptors (Lipinski definition) is 4. The highest BCUT2D eigenvalue weighted by atomic mass is 19.1. The van der Waals surface area contributed by atoms with Crippen LogP contribution in [0.1, 0.15) is 33.8 Å². The SMILES string of the molecule is NC(=O)c1ccc(Oc2ccc(CN3CCC(c4ccccc4)C3)cc2F)nc1. The van der Waals surface area contributed by atoms with Crippen molar-refractivity contribution in [3.63, 3.8) is 0 Å². The molecule has 5 nitrogen and oxygen atoms in total. The van der Waals surface area contributed by atoms with Crippen LogP contribution in [0.5, 0.6) is 11.6 Å². The minimum absolute atomic E-state index is 0.0941. The van der Waals surface area contributed by atoms with E-state index in [1.807, 2.05) is 12.1 Å². The van der Waals surface area contributed by atoms with Crippen molar-refractivity contribution >= 4 is 5.91 Å². The average molecular weight is 391 g/mol. The van der Waals surface area contributed by atoms with E-state index >= 15 is 0 Å². The molecule has 2 N–H and O–H groups in total. The Bertz CT molecular complexity index is 993. The zero-order chi connectivity index (χ0) is 20.2. The molecule has 2 heterocycles. The van der Waals surface area contributed by atoms with E-state index in [1.54, 1.807) is 6.07 Å². The molecule has 29 heavy (non-hydrogen) atoms. The van der Waals surface area contributed by atoms with Crippen molar-refractivity contribution in [2.45, 2.75) is 18.9 Å². The third-order valence-electron chi connectivity index (χ3n) is 5.18. The normalized spacial score (nSPS) is 16.7. The van der Waals surface area contributed by atoms with Crippen molar-refractivity contribution in [2.75, 3.05) is 13.1 Å². The van der Waals surface area contributed by atoms with Crippen molar-refractivity contribution in [1.29, 1.82) is 0 Å². The second kappa shape index (κ2) is 8.41. The van der Waals surface area contributed by atoms with Gasteiger partial charge in [0.15, 0.2) is 11.6 Å². The number of ether oxygens (including phenoxy) is 1. The number of amides is 1. The van der Waals surface area contributed by atoms with E-state index in [9.17, 15) is 9.18 Å². The lowest BCUT2D eigenvalue weighted by molar-refractivity contribution is 0.1000. The Morgan fingerprint density at radius 2 is 2.00 bits per heavy atom. The molecule has 0 saturated carbocycles. The van der Waals surface area contributed by atoms with Crippen LogP contribution < -0.4 is 10.5 Å². The first kappa shape index (κ1) is 19.1. The molecule has 1 atom stereocenters. The first-order valence-electron chi connectivity index (χ1n) is 9.58. The van der Waals surface area contributed by atoms with Gasteiger partial charge in [-0.25, -0.2) is 9.37 Å². The van der Waals surface area contributed by atoms with Gasteiger partial charge in [-0.2, -0.15) is 0 Å². The van der Waals surface area contributed by atoms with E-state index in [0.717, 1.165) is 25.1 Å². The number of primary amides is 1. The Morgan fingerprint density at radius 1 is 1.17 bits per heavy atom. The van der Waals surface area contributed by atoms with Crippen molar-refractivity contribution in [1.82, 2.24) is 9.88 Å². The number of hydrogen-bond donors (Lipinski definition) is 1. The maximum atomic E-state index is 14.5. The molecule has 2 aromatic carbocycles. The van der Waals surface area contributed by atoms with Gasteiger partial charge in [0.25, 0.3) is 0 Å². The largest absolute Gasteiger partial charge is 0.436 e. The summed E-state index contributed by atoms with van der Waals surface area (Å²) in [7, 11) is 0. The summed E-state index contributed by atoms with van der Waals surface area (Å²) in [6.07, 6.45) is 2.42. The van der Waals surface area contributed by atoms with E-state index in [2.05, 4.69) is 34.1 Å². The second-order valence-corrected chi connectivity index (χ2v) is 7.25. The molecule has 1 amide bonds. The van der Waals surface area contributed by atoms with E-state index in [1.165, 1.54) is 30.0 Å². The van der Waals surface area contributed by atoms with Gasteiger partial charge in [-0.15, -0.1) is 0 Å². The molecule has 4 rings (SSSR count). The summed E-state index contributed by atoms with van der Waals surface area (Å²) in [4.78, 5) is 17.4. The van der Waals surface area contributed by atoms with Crippen LogP contribution in [-0.2, 0) is 6.54 Å². The standard InChI is InChI=1S/C23H22FN3O2/c24-20-12-16(14-27-11-10-19(15-27)17-4-2-1-3-5-17)6-8-21(20)29-22-9-7-18(13-26-22)23(25)28/h1-9,12-13,19H,10-11,14-15H2,(H2,25,28). The van der Waals surface area contributed by atoms with Gasteiger partial charge >= 0.3 is 0 Å². The maximum Gasteiger partial charge on any atom is 0.250 e. The van der Waals surface area contributed by atoms with E-state index < -0.39 is 11.7 Å². The quantitative estimate of drug-likeness (QED) is 0.687. The van der Waals surface area contributed by atoms with Gasteiger partial charge in [0.1, 0.15) is 0 Å². The number of nitrogens with two attached hydrogens (primary N) is 1. The molecule has 1 aliphatic rings. The predicted molar refractivity (Wildman–Crippen MR) is 108 cm³/mol. The first-order chi connectivity index (χ1) is 14.1. The maximum absolute atomic E-state index is 14.5. The number of rotatable bonds is 6. The molecule has 0 aliphatic carbocycles. The number of carbonyl (C=O) groups is 1. The van der Waals surface area contributed by atoms with Crippen LogP contribution in [0.3, 0.4) is 0 Å². The highest BCUT2D eigenvalue weighted by molar-refractivity contribution is 5.92. The summed E-state index contributed by atoms with van der Waals surface area (Å²) in [5.41, 5.74) is 7.72. The minimum Gasteiger partial charge on any atom is -0.436 e. The molecule has 6 heteroatoms. The molecule has 0 radical (unpaired) electrons. The van der Waals surface area contributed by atoms with Crippen LogP contribution in [0.15, 0.2) is 66.9 Å². The fourth-order valence-electron chi connectivity index (χ4n) is 3.66. The fourth-order valence-corrected chi connectivity index (χ4v) is 3.66. The third kappa shape index (κ3) is 4.60. The van der Waals surface area contributed by atoms with Crippen LogP contribution in [0.4, 0.5) is 4.39 Å². The number of benzene rings is 2. The Labute approximate surface area is 168 Å². The highest BCUT2D eigenvalue weighted by Gasteiger charge is 2.23. The predicted octanol–water partition coefficient (Wildman–Crippen LogP) is 4.10. The average Bonchev–Trinajstić information content (AvgIpc) is 3.19. The zero-order valence-electron chi connectivity index (χ0n) is 15.9. The number of likely N-dealkylation sites (tertiary alicyclic amines) is 1. The van der Waals surface area contributed by atoms with E-state index in [4.69, 9.17) is 10.5 Å². The number of carbonyl (C=O) groups excluding carboxylic acids is 1. The Hall–Kier alpha value is -3.25. The van der Waals surface area contributed by atoms with Gasteiger partial charge in [-0.3, -0.25) is 9.69 Å². The van der Waals surface area contributed by atoms with Gasteiger partial charge < -0.3 is 10.5 Å². The summed E-state index contributed by atoms with van der Waals surface area (Å²) in [6, 6.07) is 18.5. The topological polar surface area (TPSA) is 68.5 Å². The van der Waals surface area contributed by atoms with Crippen molar-refractivity contribution in [2.24, 2.45) is 5.73 Å². The van der Waals surface area contributed by atoms with Crippen molar-refractivity contribution in [3.05, 3.63) is 89.4 Å². The first-order valence-corrected chi connectivity index (χ1v) is 9.58. The van der Waals surface area contributed by atoms with Crippen molar-refractivity contribution < 1.29 is 13.9 Å². The van der Waals surface area contributed by atoms with Crippen LogP contribution in [-0.4, -0.2) is 28.9 Å².